The lowest BCUT2D eigenvalue weighted by Gasteiger charge is -2.18. The molecule has 0 saturated heterocycles. The molecule has 5 nitrogen and oxygen atoms in total. The van der Waals surface area contributed by atoms with E-state index in [0.29, 0.717) is 6.54 Å². The fourth-order valence-electron chi connectivity index (χ4n) is 2.54. The smallest absolute Gasteiger partial charge is 0.241 e. The van der Waals surface area contributed by atoms with Gasteiger partial charge in [-0.05, 0) is 36.1 Å². The van der Waals surface area contributed by atoms with E-state index in [1.165, 1.54) is 0 Å². The first-order valence-electron chi connectivity index (χ1n) is 7.41. The second kappa shape index (κ2) is 6.26. The van der Waals surface area contributed by atoms with Crippen molar-refractivity contribution in [2.45, 2.75) is 39.7 Å². The van der Waals surface area contributed by atoms with Gasteiger partial charge in [-0.1, -0.05) is 20.3 Å². The van der Waals surface area contributed by atoms with Crippen LogP contribution < -0.4 is 16.0 Å². The Morgan fingerprint density at radius 1 is 1.43 bits per heavy atom. The molecule has 2 rings (SSSR count). The fourth-order valence-corrected chi connectivity index (χ4v) is 2.54. The molecule has 1 aromatic carbocycles. The third kappa shape index (κ3) is 3.24. The van der Waals surface area contributed by atoms with E-state index < -0.39 is 6.04 Å². The van der Waals surface area contributed by atoms with Crippen molar-refractivity contribution in [3.05, 3.63) is 23.8 Å². The summed E-state index contributed by atoms with van der Waals surface area (Å²) in [5.41, 5.74) is 8.69. The van der Waals surface area contributed by atoms with Crippen LogP contribution in [0.15, 0.2) is 18.2 Å². The molecule has 1 aliphatic rings. The first kappa shape index (κ1) is 15.5. The maximum atomic E-state index is 12.1. The fraction of sp³-hybridized carbons (Fsp3) is 0.500. The van der Waals surface area contributed by atoms with Crippen LogP contribution >= 0.6 is 0 Å². The number of nitrogens with one attached hydrogen (secondary N) is 1. The number of nitrogens with two attached hydrogens (primary N) is 1. The van der Waals surface area contributed by atoms with Crippen LogP contribution in [-0.4, -0.2) is 24.4 Å². The molecular formula is C16H23N3O2. The summed E-state index contributed by atoms with van der Waals surface area (Å²) in [5.74, 6) is 0.0303. The molecule has 0 radical (unpaired) electrons. The minimum atomic E-state index is -0.503. The van der Waals surface area contributed by atoms with E-state index in [1.54, 1.807) is 11.8 Å². The number of carbonyl (C=O) groups excluding carboxylic acids is 2. The molecule has 2 atom stereocenters. The van der Waals surface area contributed by atoms with Crippen molar-refractivity contribution in [3.8, 4) is 0 Å². The lowest BCUT2D eigenvalue weighted by molar-refractivity contribution is -0.118. The van der Waals surface area contributed by atoms with Gasteiger partial charge in [-0.15, -0.1) is 0 Å². The van der Waals surface area contributed by atoms with Crippen molar-refractivity contribution >= 4 is 23.2 Å². The average Bonchev–Trinajstić information content (AvgIpc) is 2.88. The number of hydrogen-bond donors (Lipinski definition) is 2. The van der Waals surface area contributed by atoms with Gasteiger partial charge in [0.05, 0.1) is 6.04 Å². The molecule has 3 N–H and O–H groups in total. The minimum absolute atomic E-state index is 0.0457. The van der Waals surface area contributed by atoms with Crippen LogP contribution in [0.5, 0.6) is 0 Å². The topological polar surface area (TPSA) is 75.4 Å². The molecule has 0 spiro atoms. The monoisotopic (exact) mass is 289 g/mol. The van der Waals surface area contributed by atoms with Gasteiger partial charge >= 0.3 is 0 Å². The first-order valence-corrected chi connectivity index (χ1v) is 7.41. The van der Waals surface area contributed by atoms with Crippen molar-refractivity contribution in [2.75, 3.05) is 16.8 Å². The molecule has 5 heteroatoms. The normalized spacial score (nSPS) is 16.3. The maximum absolute atomic E-state index is 12.1. The quantitative estimate of drug-likeness (QED) is 0.889. The zero-order valence-corrected chi connectivity index (χ0v) is 12.8. The number of benzene rings is 1. The lowest BCUT2D eigenvalue weighted by Crippen LogP contribution is -2.40. The Balaban J connectivity index is 2.10. The Kier molecular flexibility index (Phi) is 4.63. The highest BCUT2D eigenvalue weighted by Gasteiger charge is 2.23. The van der Waals surface area contributed by atoms with Gasteiger partial charge in [-0.3, -0.25) is 9.59 Å². The second-order valence-electron chi connectivity index (χ2n) is 5.66. The van der Waals surface area contributed by atoms with Crippen LogP contribution in [0.3, 0.4) is 0 Å². The average molecular weight is 289 g/mol. The van der Waals surface area contributed by atoms with Gasteiger partial charge < -0.3 is 16.0 Å². The number of rotatable bonds is 4. The molecule has 1 heterocycles. The molecule has 21 heavy (non-hydrogen) atoms. The van der Waals surface area contributed by atoms with Crippen LogP contribution in [-0.2, 0) is 16.0 Å². The second-order valence-corrected chi connectivity index (χ2v) is 5.66. The van der Waals surface area contributed by atoms with Crippen molar-refractivity contribution in [1.29, 1.82) is 0 Å². The number of amides is 2. The van der Waals surface area contributed by atoms with E-state index in [1.807, 2.05) is 32.0 Å². The lowest BCUT2D eigenvalue weighted by atomic mass is 9.99. The Labute approximate surface area is 125 Å². The van der Waals surface area contributed by atoms with Crippen LogP contribution in [0.4, 0.5) is 11.4 Å². The summed E-state index contributed by atoms with van der Waals surface area (Å²) in [7, 11) is 0. The van der Waals surface area contributed by atoms with Gasteiger partial charge in [-0.2, -0.15) is 0 Å². The molecule has 0 aromatic heterocycles. The zero-order chi connectivity index (χ0) is 15.6. The van der Waals surface area contributed by atoms with Gasteiger partial charge in [-0.25, -0.2) is 0 Å². The summed E-state index contributed by atoms with van der Waals surface area (Å²) in [5, 5.41) is 2.86. The molecule has 0 saturated carbocycles. The predicted molar refractivity (Wildman–Crippen MR) is 84.2 cm³/mol. The summed E-state index contributed by atoms with van der Waals surface area (Å²) in [6.07, 6.45) is 1.68. The summed E-state index contributed by atoms with van der Waals surface area (Å²) < 4.78 is 0. The molecule has 1 aliphatic heterocycles. The highest BCUT2D eigenvalue weighted by atomic mass is 16.2. The molecule has 114 valence electrons. The first-order chi connectivity index (χ1) is 9.93. The molecular weight excluding hydrogens is 266 g/mol. The molecule has 0 bridgehead atoms. The third-order valence-electron chi connectivity index (χ3n) is 4.18. The number of carbonyl (C=O) groups is 2. The van der Waals surface area contributed by atoms with Crippen molar-refractivity contribution < 1.29 is 9.59 Å². The van der Waals surface area contributed by atoms with E-state index in [0.717, 1.165) is 29.8 Å². The van der Waals surface area contributed by atoms with Crippen molar-refractivity contribution in [2.24, 2.45) is 11.7 Å². The summed E-state index contributed by atoms with van der Waals surface area (Å²) in [6, 6.07) is 5.13. The SMILES string of the molecule is CC[C@H](C)[C@H](N)C(=O)Nc1ccc2c(c1)CCN2C(C)=O. The van der Waals surface area contributed by atoms with E-state index in [2.05, 4.69) is 5.32 Å². The van der Waals surface area contributed by atoms with Crippen LogP contribution in [0.25, 0.3) is 0 Å². The van der Waals surface area contributed by atoms with E-state index >= 15 is 0 Å². The molecule has 1 aromatic rings. The van der Waals surface area contributed by atoms with E-state index in [4.69, 9.17) is 5.73 Å². The number of nitrogens with zero attached hydrogens (tertiary/aromatic N) is 1. The Morgan fingerprint density at radius 3 is 2.76 bits per heavy atom. The van der Waals surface area contributed by atoms with Crippen LogP contribution in [0.2, 0.25) is 0 Å². The Hall–Kier alpha value is -1.88. The Morgan fingerprint density at radius 2 is 2.14 bits per heavy atom. The number of anilines is 2. The number of fused-ring (bicyclic) bond motifs is 1. The van der Waals surface area contributed by atoms with E-state index in [-0.39, 0.29) is 17.7 Å². The molecule has 0 aliphatic carbocycles. The van der Waals surface area contributed by atoms with Gasteiger partial charge in [0, 0.05) is 24.8 Å². The summed E-state index contributed by atoms with van der Waals surface area (Å²) >= 11 is 0. The standard InChI is InChI=1S/C16H23N3O2/c1-4-10(2)15(17)16(21)18-13-5-6-14-12(9-13)7-8-19(14)11(3)20/h5-6,9-10,15H,4,7-8,17H2,1-3H3,(H,18,21)/t10-,15-/m0/s1. The van der Waals surface area contributed by atoms with Crippen LogP contribution in [0, 0.1) is 5.92 Å². The highest BCUT2D eigenvalue weighted by molar-refractivity contribution is 5.97. The Bertz CT molecular complexity index is 556. The maximum Gasteiger partial charge on any atom is 0.241 e. The number of hydrogen-bond acceptors (Lipinski definition) is 3. The zero-order valence-electron chi connectivity index (χ0n) is 12.8. The summed E-state index contributed by atoms with van der Waals surface area (Å²) in [4.78, 5) is 25.3. The highest BCUT2D eigenvalue weighted by Crippen LogP contribution is 2.30. The molecule has 0 unspecified atom stereocenters. The largest absolute Gasteiger partial charge is 0.325 e. The van der Waals surface area contributed by atoms with E-state index in [9.17, 15) is 9.59 Å². The minimum Gasteiger partial charge on any atom is -0.325 e. The van der Waals surface area contributed by atoms with Gasteiger partial charge in [0.2, 0.25) is 11.8 Å². The molecule has 2 amide bonds. The van der Waals surface area contributed by atoms with Gasteiger partial charge in [0.15, 0.2) is 0 Å². The van der Waals surface area contributed by atoms with Crippen molar-refractivity contribution in [3.63, 3.8) is 0 Å². The van der Waals surface area contributed by atoms with Gasteiger partial charge in [0.1, 0.15) is 0 Å². The van der Waals surface area contributed by atoms with Crippen molar-refractivity contribution in [1.82, 2.24) is 0 Å². The molecule has 0 fully saturated rings. The third-order valence-corrected chi connectivity index (χ3v) is 4.18. The van der Waals surface area contributed by atoms with Gasteiger partial charge in [0.25, 0.3) is 0 Å². The predicted octanol–water partition coefficient (Wildman–Crippen LogP) is 1.91. The van der Waals surface area contributed by atoms with Crippen LogP contribution in [0.1, 0.15) is 32.8 Å². The summed E-state index contributed by atoms with van der Waals surface area (Å²) in [6.45, 7) is 6.26.